The van der Waals surface area contributed by atoms with Crippen molar-refractivity contribution in [3.8, 4) is 0 Å². The van der Waals surface area contributed by atoms with Crippen molar-refractivity contribution in [2.24, 2.45) is 0 Å². The van der Waals surface area contributed by atoms with E-state index in [9.17, 15) is 18.0 Å². The monoisotopic (exact) mass is 481 g/mol. The van der Waals surface area contributed by atoms with Gasteiger partial charge in [-0.25, -0.2) is 9.97 Å². The largest absolute Gasteiger partial charge is 0.416 e. The van der Waals surface area contributed by atoms with Crippen molar-refractivity contribution in [3.63, 3.8) is 0 Å². The van der Waals surface area contributed by atoms with Gasteiger partial charge in [-0.05, 0) is 60.7 Å². The Morgan fingerprint density at radius 1 is 1.20 bits per heavy atom. The zero-order valence-electron chi connectivity index (χ0n) is 18.8. The van der Waals surface area contributed by atoms with E-state index in [1.165, 1.54) is 17.0 Å². The maximum Gasteiger partial charge on any atom is 0.416 e. The molecule has 1 atom stereocenters. The van der Waals surface area contributed by atoms with Crippen molar-refractivity contribution in [1.82, 2.24) is 19.3 Å². The fraction of sp³-hybridized carbons (Fsp3) is 0.320. The number of fused-ring (bicyclic) bond motifs is 5. The summed E-state index contributed by atoms with van der Waals surface area (Å²) >= 11 is 0. The Morgan fingerprint density at radius 2 is 2.00 bits per heavy atom. The number of aromatic nitrogens is 3. The van der Waals surface area contributed by atoms with Gasteiger partial charge in [0, 0.05) is 12.6 Å². The molecule has 180 valence electrons. The summed E-state index contributed by atoms with van der Waals surface area (Å²) in [7, 11) is 1.65. The normalized spacial score (nSPS) is 19.0. The molecule has 0 saturated heterocycles. The van der Waals surface area contributed by atoms with Crippen LogP contribution in [0.3, 0.4) is 0 Å². The molecule has 2 N–H and O–H groups in total. The van der Waals surface area contributed by atoms with E-state index in [0.29, 0.717) is 51.9 Å². The van der Waals surface area contributed by atoms with Gasteiger partial charge in [0.15, 0.2) is 0 Å². The van der Waals surface area contributed by atoms with Gasteiger partial charge in [0.2, 0.25) is 0 Å². The number of anilines is 1. The van der Waals surface area contributed by atoms with Gasteiger partial charge >= 0.3 is 6.18 Å². The number of nitrogens with two attached hydrogens (primary N) is 1. The summed E-state index contributed by atoms with van der Waals surface area (Å²) in [5.74, 6) is 0.0614. The Bertz CT molecular complexity index is 1490. The molecule has 1 aliphatic carbocycles. The SMILES string of the molecule is CN(C(=O)c1ccc2nc(N)c3cncn3c2c1)C1COC2(CCC2)c2cc(C(F)(F)F)ccc21. The third-order valence-corrected chi connectivity index (χ3v) is 7.32. The van der Waals surface area contributed by atoms with E-state index >= 15 is 0 Å². The van der Waals surface area contributed by atoms with Gasteiger partial charge in [-0.1, -0.05) is 6.07 Å². The highest BCUT2D eigenvalue weighted by Crippen LogP contribution is 2.52. The van der Waals surface area contributed by atoms with Crippen molar-refractivity contribution in [2.75, 3.05) is 19.4 Å². The molecule has 1 spiro atoms. The summed E-state index contributed by atoms with van der Waals surface area (Å²) < 4.78 is 48.3. The van der Waals surface area contributed by atoms with Crippen LogP contribution in [0.25, 0.3) is 16.6 Å². The third kappa shape index (κ3) is 3.27. The summed E-state index contributed by atoms with van der Waals surface area (Å²) in [5.41, 5.74) is 8.18. The van der Waals surface area contributed by atoms with Crippen molar-refractivity contribution in [3.05, 3.63) is 71.2 Å². The van der Waals surface area contributed by atoms with Crippen molar-refractivity contribution in [1.29, 1.82) is 0 Å². The van der Waals surface area contributed by atoms with Crippen LogP contribution in [0.1, 0.15) is 52.4 Å². The molecule has 2 aromatic heterocycles. The smallest absolute Gasteiger partial charge is 0.382 e. The van der Waals surface area contributed by atoms with Crippen LogP contribution < -0.4 is 5.73 Å². The number of carbonyl (C=O) groups is 1. The van der Waals surface area contributed by atoms with E-state index < -0.39 is 23.4 Å². The lowest BCUT2D eigenvalue weighted by Gasteiger charge is -2.49. The highest BCUT2D eigenvalue weighted by molar-refractivity contribution is 5.98. The molecule has 6 rings (SSSR count). The predicted octanol–water partition coefficient (Wildman–Crippen LogP) is 4.71. The molecule has 2 aliphatic rings. The van der Waals surface area contributed by atoms with E-state index in [1.54, 1.807) is 42.2 Å². The Labute approximate surface area is 198 Å². The molecule has 1 amide bonds. The number of alkyl halides is 3. The number of halogens is 3. The van der Waals surface area contributed by atoms with Crippen LogP contribution in [0.4, 0.5) is 19.0 Å². The second kappa shape index (κ2) is 7.42. The molecule has 1 aliphatic heterocycles. The van der Waals surface area contributed by atoms with Crippen LogP contribution >= 0.6 is 0 Å². The zero-order chi connectivity index (χ0) is 24.5. The lowest BCUT2D eigenvalue weighted by molar-refractivity contribution is -0.141. The summed E-state index contributed by atoms with van der Waals surface area (Å²) in [6.07, 6.45) is 1.00. The first-order valence-corrected chi connectivity index (χ1v) is 11.3. The van der Waals surface area contributed by atoms with E-state index in [0.717, 1.165) is 12.5 Å². The Balaban J connectivity index is 1.39. The number of ether oxygens (including phenoxy) is 1. The highest BCUT2D eigenvalue weighted by Gasteiger charge is 2.48. The standard InChI is InChI=1S/C25H22F3N5O2/c1-32(23(34)14-3-6-18-19(9-14)33-13-30-11-20(33)22(29)31-18)21-12-35-24(7-2-8-24)17-10-15(25(26,27)28)4-5-16(17)21/h3-6,9-11,13,21H,2,7-8,12H2,1H3,(H2,29,31). The summed E-state index contributed by atoms with van der Waals surface area (Å²) in [6.45, 7) is 0.220. The van der Waals surface area contributed by atoms with Gasteiger partial charge in [-0.15, -0.1) is 0 Å². The number of amides is 1. The molecule has 4 aromatic rings. The molecule has 1 fully saturated rings. The molecule has 0 bridgehead atoms. The first-order chi connectivity index (χ1) is 16.7. The minimum absolute atomic E-state index is 0.220. The predicted molar refractivity (Wildman–Crippen MR) is 123 cm³/mol. The number of rotatable bonds is 2. The molecule has 0 radical (unpaired) electrons. The van der Waals surface area contributed by atoms with E-state index in [2.05, 4.69) is 9.97 Å². The summed E-state index contributed by atoms with van der Waals surface area (Å²) in [4.78, 5) is 23.6. The molecular weight excluding hydrogens is 459 g/mol. The summed E-state index contributed by atoms with van der Waals surface area (Å²) in [5, 5.41) is 0. The number of imidazole rings is 1. The van der Waals surface area contributed by atoms with E-state index in [-0.39, 0.29) is 12.5 Å². The Hall–Kier alpha value is -3.66. The molecule has 1 saturated carbocycles. The topological polar surface area (TPSA) is 85.8 Å². The Morgan fingerprint density at radius 3 is 2.71 bits per heavy atom. The fourth-order valence-corrected chi connectivity index (χ4v) is 5.21. The minimum atomic E-state index is -4.45. The van der Waals surface area contributed by atoms with E-state index in [1.807, 2.05) is 0 Å². The third-order valence-electron chi connectivity index (χ3n) is 7.32. The maximum absolute atomic E-state index is 13.5. The molecule has 7 nitrogen and oxygen atoms in total. The lowest BCUT2D eigenvalue weighted by Crippen LogP contribution is -2.47. The number of hydrogen-bond acceptors (Lipinski definition) is 5. The summed E-state index contributed by atoms with van der Waals surface area (Å²) in [6, 6.07) is 8.37. The van der Waals surface area contributed by atoms with Gasteiger partial charge in [0.05, 0.1) is 47.4 Å². The van der Waals surface area contributed by atoms with Gasteiger partial charge in [-0.3, -0.25) is 9.20 Å². The van der Waals surface area contributed by atoms with Crippen LogP contribution in [-0.4, -0.2) is 38.8 Å². The van der Waals surface area contributed by atoms with Crippen molar-refractivity contribution >= 4 is 28.3 Å². The van der Waals surface area contributed by atoms with Gasteiger partial charge < -0.3 is 15.4 Å². The first-order valence-electron chi connectivity index (χ1n) is 11.3. The molecule has 1 unspecified atom stereocenters. The molecule has 2 aromatic carbocycles. The fourth-order valence-electron chi connectivity index (χ4n) is 5.21. The zero-order valence-corrected chi connectivity index (χ0v) is 18.8. The second-order valence-corrected chi connectivity index (χ2v) is 9.24. The molecule has 3 heterocycles. The number of nitrogen functional groups attached to an aromatic ring is 1. The van der Waals surface area contributed by atoms with Crippen LogP contribution in [0.15, 0.2) is 48.9 Å². The Kier molecular flexibility index (Phi) is 4.63. The van der Waals surface area contributed by atoms with Crippen molar-refractivity contribution in [2.45, 2.75) is 37.1 Å². The quantitative estimate of drug-likeness (QED) is 0.448. The molecule has 35 heavy (non-hydrogen) atoms. The molecule has 10 heteroatoms. The lowest BCUT2D eigenvalue weighted by atomic mass is 9.70. The van der Waals surface area contributed by atoms with E-state index in [4.69, 9.17) is 10.5 Å². The van der Waals surface area contributed by atoms with Gasteiger partial charge in [-0.2, -0.15) is 13.2 Å². The maximum atomic E-state index is 13.5. The minimum Gasteiger partial charge on any atom is -0.382 e. The number of benzene rings is 2. The number of nitrogens with zero attached hydrogens (tertiary/aromatic N) is 4. The van der Waals surface area contributed by atoms with Crippen LogP contribution in [-0.2, 0) is 16.5 Å². The van der Waals surface area contributed by atoms with Gasteiger partial charge in [0.1, 0.15) is 11.3 Å². The first kappa shape index (κ1) is 21.8. The van der Waals surface area contributed by atoms with Crippen molar-refractivity contribution < 1.29 is 22.7 Å². The number of carbonyl (C=O) groups excluding carboxylic acids is 1. The van der Waals surface area contributed by atoms with Crippen LogP contribution in [0.5, 0.6) is 0 Å². The number of hydrogen-bond donors (Lipinski definition) is 1. The average Bonchev–Trinajstić information content (AvgIpc) is 3.31. The average molecular weight is 481 g/mol. The van der Waals surface area contributed by atoms with Crippen LogP contribution in [0.2, 0.25) is 0 Å². The second-order valence-electron chi connectivity index (χ2n) is 9.24. The van der Waals surface area contributed by atoms with Crippen LogP contribution in [0, 0.1) is 0 Å². The molecular formula is C25H22F3N5O2. The number of likely N-dealkylation sites (N-methyl/N-ethyl adjacent to an activating group) is 1. The highest BCUT2D eigenvalue weighted by atomic mass is 19.4. The van der Waals surface area contributed by atoms with Gasteiger partial charge in [0.25, 0.3) is 5.91 Å².